The van der Waals surface area contributed by atoms with Crippen molar-refractivity contribution in [2.75, 3.05) is 0 Å². The second-order valence-corrected chi connectivity index (χ2v) is 14.0. The first-order valence-electron chi connectivity index (χ1n) is 18.3. The summed E-state index contributed by atoms with van der Waals surface area (Å²) in [5.74, 6) is 0. The standard InChI is InChI=1S/C50H29N5/c51-30-32-23-25-49-41(27-32)39-15-3-7-20-46(39)53(49)34-12-9-11-33(28-34)36-17-10-22-48(43(36)31-52)55-47-21-8-4-16-40(47)42-29-35(24-26-50(42)55)54-44-18-5-1-13-37(44)38-14-2-6-19-45(38)54/h1-29H. The average molecular weight is 700 g/mol. The Kier molecular flexibility index (Phi) is 6.61. The molecule has 11 rings (SSSR count). The van der Waals surface area contributed by atoms with Crippen LogP contribution in [0.3, 0.4) is 0 Å². The molecule has 0 fully saturated rings. The molecular weight excluding hydrogens is 671 g/mol. The molecular formula is C50H29N5. The van der Waals surface area contributed by atoms with E-state index in [0.29, 0.717) is 11.1 Å². The van der Waals surface area contributed by atoms with E-state index in [1.807, 2.05) is 36.4 Å². The topological polar surface area (TPSA) is 62.4 Å². The lowest BCUT2D eigenvalue weighted by atomic mass is 9.98. The maximum atomic E-state index is 11.0. The van der Waals surface area contributed by atoms with Gasteiger partial charge in [-0.05, 0) is 84.4 Å². The van der Waals surface area contributed by atoms with Crippen LogP contribution in [-0.2, 0) is 0 Å². The number of hydrogen-bond acceptors (Lipinski definition) is 2. The number of nitriles is 2. The Labute approximate surface area is 316 Å². The summed E-state index contributed by atoms with van der Waals surface area (Å²) < 4.78 is 6.84. The SMILES string of the molecule is N#Cc1ccc2c(c1)c1ccccc1n2-c1cccc(-c2cccc(-n3c4ccccc4c4cc(-n5c6ccccc6c6ccccc65)ccc43)c2C#N)c1. The molecule has 0 aliphatic heterocycles. The van der Waals surface area contributed by atoms with Gasteiger partial charge in [0, 0.05) is 49.3 Å². The molecule has 55 heavy (non-hydrogen) atoms. The number of aromatic nitrogens is 3. The van der Waals surface area contributed by atoms with Crippen molar-refractivity contribution in [3.05, 3.63) is 187 Å². The first-order chi connectivity index (χ1) is 27.2. The molecule has 0 saturated carbocycles. The summed E-state index contributed by atoms with van der Waals surface area (Å²) in [6, 6.07) is 65.9. The number of rotatable bonds is 4. The van der Waals surface area contributed by atoms with Crippen molar-refractivity contribution in [1.29, 1.82) is 10.5 Å². The fourth-order valence-electron chi connectivity index (χ4n) is 8.78. The first-order valence-corrected chi connectivity index (χ1v) is 18.3. The van der Waals surface area contributed by atoms with Crippen LogP contribution in [0.4, 0.5) is 0 Å². The van der Waals surface area contributed by atoms with Gasteiger partial charge in [0.15, 0.2) is 0 Å². The summed E-state index contributed by atoms with van der Waals surface area (Å²) in [6.45, 7) is 0. The highest BCUT2D eigenvalue weighted by atomic mass is 15.0. The van der Waals surface area contributed by atoms with Crippen molar-refractivity contribution >= 4 is 65.4 Å². The largest absolute Gasteiger partial charge is 0.309 e. The van der Waals surface area contributed by atoms with Gasteiger partial charge < -0.3 is 13.7 Å². The Hall–Kier alpha value is -7.86. The molecule has 0 atom stereocenters. The Morgan fingerprint density at radius 1 is 0.345 bits per heavy atom. The molecule has 0 saturated heterocycles. The van der Waals surface area contributed by atoms with E-state index in [0.717, 1.165) is 71.8 Å². The quantitative estimate of drug-likeness (QED) is 0.184. The average Bonchev–Trinajstić information content (AvgIpc) is 3.88. The molecule has 5 heteroatoms. The highest BCUT2D eigenvalue weighted by Crippen LogP contribution is 2.40. The normalized spacial score (nSPS) is 11.6. The predicted octanol–water partition coefficient (Wildman–Crippen LogP) is 12.4. The van der Waals surface area contributed by atoms with Crippen LogP contribution in [0.15, 0.2) is 176 Å². The summed E-state index contributed by atoms with van der Waals surface area (Å²) in [4.78, 5) is 0. The van der Waals surface area contributed by atoms with E-state index < -0.39 is 0 Å². The van der Waals surface area contributed by atoms with Gasteiger partial charge in [-0.2, -0.15) is 10.5 Å². The molecule has 0 amide bonds. The number of para-hydroxylation sites is 4. The van der Waals surface area contributed by atoms with Crippen LogP contribution in [-0.4, -0.2) is 13.7 Å². The molecule has 0 unspecified atom stereocenters. The summed E-state index contributed by atoms with van der Waals surface area (Å²) in [5.41, 5.74) is 12.5. The molecule has 0 radical (unpaired) electrons. The second kappa shape index (κ2) is 11.8. The lowest BCUT2D eigenvalue weighted by Crippen LogP contribution is -2.00. The Morgan fingerprint density at radius 2 is 0.836 bits per heavy atom. The third kappa shape index (κ3) is 4.45. The lowest BCUT2D eigenvalue weighted by Gasteiger charge is -2.15. The van der Waals surface area contributed by atoms with E-state index in [1.54, 1.807) is 0 Å². The van der Waals surface area contributed by atoms with Crippen LogP contribution in [0, 0.1) is 22.7 Å². The van der Waals surface area contributed by atoms with Crippen molar-refractivity contribution in [3.8, 4) is 40.3 Å². The zero-order valence-electron chi connectivity index (χ0n) is 29.5. The van der Waals surface area contributed by atoms with Crippen LogP contribution < -0.4 is 0 Å². The molecule has 8 aromatic carbocycles. The van der Waals surface area contributed by atoms with Crippen LogP contribution in [0.2, 0.25) is 0 Å². The van der Waals surface area contributed by atoms with Gasteiger partial charge in [-0.15, -0.1) is 0 Å². The summed E-state index contributed by atoms with van der Waals surface area (Å²) in [6.07, 6.45) is 0. The molecule has 0 bridgehead atoms. The fraction of sp³-hybridized carbons (Fsp3) is 0. The Morgan fingerprint density at radius 3 is 1.45 bits per heavy atom. The minimum atomic E-state index is 0.606. The van der Waals surface area contributed by atoms with Gasteiger partial charge in [0.2, 0.25) is 0 Å². The number of hydrogen-bond donors (Lipinski definition) is 0. The maximum absolute atomic E-state index is 11.0. The Bertz CT molecular complexity index is 3420. The molecule has 0 aliphatic carbocycles. The fourth-order valence-corrected chi connectivity index (χ4v) is 8.78. The van der Waals surface area contributed by atoms with Gasteiger partial charge in [0.05, 0.1) is 56.0 Å². The maximum Gasteiger partial charge on any atom is 0.102 e. The third-order valence-corrected chi connectivity index (χ3v) is 11.1. The van der Waals surface area contributed by atoms with Crippen LogP contribution >= 0.6 is 0 Å². The lowest BCUT2D eigenvalue weighted by molar-refractivity contribution is 1.16. The highest BCUT2D eigenvalue weighted by molar-refractivity contribution is 6.13. The summed E-state index contributed by atoms with van der Waals surface area (Å²) in [5, 5.41) is 27.4. The van der Waals surface area contributed by atoms with E-state index in [1.165, 1.54) is 21.8 Å². The van der Waals surface area contributed by atoms with E-state index in [4.69, 9.17) is 0 Å². The molecule has 5 nitrogen and oxygen atoms in total. The smallest absolute Gasteiger partial charge is 0.102 e. The second-order valence-electron chi connectivity index (χ2n) is 14.0. The molecule has 0 spiro atoms. The van der Waals surface area contributed by atoms with Gasteiger partial charge in [-0.25, -0.2) is 0 Å². The monoisotopic (exact) mass is 699 g/mol. The zero-order chi connectivity index (χ0) is 36.6. The predicted molar refractivity (Wildman–Crippen MR) is 224 cm³/mol. The summed E-state index contributed by atoms with van der Waals surface area (Å²) in [7, 11) is 0. The Balaban J connectivity index is 1.10. The molecule has 0 aliphatic rings. The molecule has 3 aromatic heterocycles. The molecule has 0 N–H and O–H groups in total. The van der Waals surface area contributed by atoms with Crippen molar-refractivity contribution < 1.29 is 0 Å². The minimum Gasteiger partial charge on any atom is -0.309 e. The van der Waals surface area contributed by atoms with Gasteiger partial charge in [-0.3, -0.25) is 0 Å². The van der Waals surface area contributed by atoms with Crippen molar-refractivity contribution in [2.24, 2.45) is 0 Å². The van der Waals surface area contributed by atoms with Crippen LogP contribution in [0.5, 0.6) is 0 Å². The minimum absolute atomic E-state index is 0.606. The van der Waals surface area contributed by atoms with Gasteiger partial charge in [-0.1, -0.05) is 97.1 Å². The van der Waals surface area contributed by atoms with Gasteiger partial charge in [0.25, 0.3) is 0 Å². The van der Waals surface area contributed by atoms with Crippen molar-refractivity contribution in [1.82, 2.24) is 13.7 Å². The number of fused-ring (bicyclic) bond motifs is 9. The number of nitrogens with zero attached hydrogens (tertiary/aromatic N) is 5. The highest BCUT2D eigenvalue weighted by Gasteiger charge is 2.20. The third-order valence-electron chi connectivity index (χ3n) is 11.1. The van der Waals surface area contributed by atoms with E-state index in [9.17, 15) is 10.5 Å². The zero-order valence-corrected chi connectivity index (χ0v) is 29.5. The van der Waals surface area contributed by atoms with E-state index in [-0.39, 0.29) is 0 Å². The summed E-state index contributed by atoms with van der Waals surface area (Å²) >= 11 is 0. The van der Waals surface area contributed by atoms with Gasteiger partial charge >= 0.3 is 0 Å². The van der Waals surface area contributed by atoms with E-state index in [2.05, 4.69) is 165 Å². The van der Waals surface area contributed by atoms with Gasteiger partial charge in [0.1, 0.15) is 6.07 Å². The van der Waals surface area contributed by atoms with Crippen LogP contribution in [0.25, 0.3) is 93.6 Å². The van der Waals surface area contributed by atoms with Crippen molar-refractivity contribution in [3.63, 3.8) is 0 Å². The van der Waals surface area contributed by atoms with E-state index >= 15 is 0 Å². The molecule has 254 valence electrons. The molecule has 3 heterocycles. The number of benzene rings is 8. The van der Waals surface area contributed by atoms with Crippen LogP contribution in [0.1, 0.15) is 11.1 Å². The first kappa shape index (κ1) is 30.7. The van der Waals surface area contributed by atoms with Crippen molar-refractivity contribution in [2.45, 2.75) is 0 Å². The molecule has 11 aromatic rings.